The second-order valence-electron chi connectivity index (χ2n) is 11.6. The van der Waals surface area contributed by atoms with Gasteiger partial charge in [-0.15, -0.1) is 23.2 Å². The number of nitrogens with one attached hydrogen (secondary N) is 3. The van der Waals surface area contributed by atoms with Crippen molar-refractivity contribution in [2.24, 2.45) is 17.4 Å². The fourth-order valence-corrected chi connectivity index (χ4v) is 5.23. The number of hydrogen-bond acceptors (Lipinski definition) is 10. The highest BCUT2D eigenvalue weighted by Gasteiger charge is 2.30. The predicted octanol–water partition coefficient (Wildman–Crippen LogP) is 2.67. The Hall–Kier alpha value is -1.86. The number of amides is 2. The number of Topliss-reactive ketones (excluding diaryl/α,β-unsaturated/α-hetero) is 3. The minimum Gasteiger partial charge on any atom is -0.386 e. The van der Waals surface area contributed by atoms with E-state index in [2.05, 4.69) is 35.2 Å². The number of hydrogen-bond donors (Lipinski definition) is 6. The summed E-state index contributed by atoms with van der Waals surface area (Å²) >= 11 is 15.7. The molecular formula is C31H56Cl2N6O5S. The summed E-state index contributed by atoms with van der Waals surface area (Å²) in [6.45, 7) is 4.81. The van der Waals surface area contributed by atoms with Crippen LogP contribution in [0.3, 0.4) is 0 Å². The first-order valence-electron chi connectivity index (χ1n) is 15.8. The van der Waals surface area contributed by atoms with E-state index < -0.39 is 30.0 Å². The van der Waals surface area contributed by atoms with E-state index in [4.69, 9.17) is 34.7 Å². The quantitative estimate of drug-likeness (QED) is 0.0390. The van der Waals surface area contributed by atoms with Crippen LogP contribution in [0.2, 0.25) is 0 Å². The van der Waals surface area contributed by atoms with E-state index in [0.717, 1.165) is 6.54 Å². The van der Waals surface area contributed by atoms with Crippen molar-refractivity contribution in [2.45, 2.75) is 102 Å². The van der Waals surface area contributed by atoms with Crippen LogP contribution in [0.1, 0.15) is 83.5 Å². The number of carbonyl (C=O) groups is 5. The molecule has 2 amide bonds. The van der Waals surface area contributed by atoms with Crippen LogP contribution in [0.15, 0.2) is 12.4 Å². The molecule has 0 aromatic heterocycles. The molecule has 14 heteroatoms. The third kappa shape index (κ3) is 21.5. The van der Waals surface area contributed by atoms with E-state index in [1.54, 1.807) is 0 Å². The summed E-state index contributed by atoms with van der Waals surface area (Å²) in [6.07, 6.45) is 4.98. The van der Waals surface area contributed by atoms with E-state index in [1.807, 2.05) is 19.0 Å². The molecule has 0 fully saturated rings. The van der Waals surface area contributed by atoms with E-state index in [-0.39, 0.29) is 48.3 Å². The number of nitrogens with zero attached hydrogens (tertiary/aromatic N) is 1. The molecule has 11 nitrogen and oxygen atoms in total. The van der Waals surface area contributed by atoms with Gasteiger partial charge in [-0.3, -0.25) is 24.0 Å². The Labute approximate surface area is 285 Å². The molecule has 0 radical (unpaired) electrons. The summed E-state index contributed by atoms with van der Waals surface area (Å²) in [7, 11) is 3.87. The average Bonchev–Trinajstić information content (AvgIpc) is 2.99. The molecule has 4 atom stereocenters. The third-order valence-electron chi connectivity index (χ3n) is 7.32. The molecule has 0 aliphatic rings. The normalized spacial score (nSPS) is 13.8. The molecule has 0 unspecified atom stereocenters. The van der Waals surface area contributed by atoms with E-state index in [9.17, 15) is 24.0 Å². The van der Waals surface area contributed by atoms with Crippen LogP contribution in [-0.4, -0.2) is 96.9 Å². The Balaban J connectivity index is 5.77. The van der Waals surface area contributed by atoms with E-state index in [1.165, 1.54) is 0 Å². The second-order valence-corrected chi connectivity index (χ2v) is 12.8. The maximum atomic E-state index is 13.6. The summed E-state index contributed by atoms with van der Waals surface area (Å²) in [5, 5.41) is 8.61. The largest absolute Gasteiger partial charge is 0.386 e. The van der Waals surface area contributed by atoms with Crippen molar-refractivity contribution in [1.82, 2.24) is 20.9 Å². The standard InChI is InChI=1S/C31H56Cl2N6O5S/c1-22(34)36-18-8-10-23(31(44)38-25(11-4-6-16-32)28(41)13-9-19-39(2)3)20-29(42)26(12-5-7-17-33)37-30(43)15-14-27(40)24(35)21-45/h23-26,36,45H,1,4-21,34-35H2,2-3H3,(H,37,43)(H,38,44)/t23-,24-,25+,26+/m0/s1. The van der Waals surface area contributed by atoms with Gasteiger partial charge in [0, 0.05) is 55.7 Å². The summed E-state index contributed by atoms with van der Waals surface area (Å²) in [6, 6.07) is -2.28. The number of alkyl halides is 2. The molecule has 0 aromatic carbocycles. The lowest BCUT2D eigenvalue weighted by Gasteiger charge is -2.24. The number of rotatable bonds is 29. The smallest absolute Gasteiger partial charge is 0.224 e. The van der Waals surface area contributed by atoms with Gasteiger partial charge in [0.1, 0.15) is 0 Å². The lowest BCUT2D eigenvalue weighted by Crippen LogP contribution is -2.46. The van der Waals surface area contributed by atoms with Gasteiger partial charge in [-0.05, 0) is 78.4 Å². The van der Waals surface area contributed by atoms with Gasteiger partial charge in [-0.2, -0.15) is 12.6 Å². The van der Waals surface area contributed by atoms with Crippen LogP contribution in [0, 0.1) is 5.92 Å². The first-order valence-corrected chi connectivity index (χ1v) is 17.6. The fraction of sp³-hybridized carbons (Fsp3) is 0.774. The van der Waals surface area contributed by atoms with Crippen molar-refractivity contribution < 1.29 is 24.0 Å². The molecule has 45 heavy (non-hydrogen) atoms. The summed E-state index contributed by atoms with van der Waals surface area (Å²) in [4.78, 5) is 67.1. The molecule has 0 saturated carbocycles. The number of nitrogens with two attached hydrogens (primary N) is 2. The molecule has 7 N–H and O–H groups in total. The highest BCUT2D eigenvalue weighted by molar-refractivity contribution is 7.80. The second kappa shape index (κ2) is 26.2. The maximum absolute atomic E-state index is 13.6. The van der Waals surface area contributed by atoms with Crippen molar-refractivity contribution >= 4 is 65.0 Å². The molecule has 0 aromatic rings. The Bertz CT molecular complexity index is 927. The zero-order chi connectivity index (χ0) is 34.2. The number of ketones is 3. The average molecular weight is 696 g/mol. The molecule has 0 bridgehead atoms. The van der Waals surface area contributed by atoms with Crippen LogP contribution in [0.4, 0.5) is 0 Å². The van der Waals surface area contributed by atoms with Crippen molar-refractivity contribution in [3.05, 3.63) is 12.4 Å². The third-order valence-corrected chi connectivity index (χ3v) is 8.25. The molecule has 0 saturated heterocycles. The van der Waals surface area contributed by atoms with Gasteiger partial charge < -0.3 is 32.3 Å². The van der Waals surface area contributed by atoms with Crippen LogP contribution in [0.25, 0.3) is 0 Å². The van der Waals surface area contributed by atoms with E-state index >= 15 is 0 Å². The minimum absolute atomic E-state index is 0.0515. The van der Waals surface area contributed by atoms with E-state index in [0.29, 0.717) is 88.3 Å². The number of carbonyl (C=O) groups excluding carboxylic acids is 5. The SMILES string of the molecule is C=C(N)NCCC[C@@H](CC(=O)[C@@H](CCCCCl)NC(=O)CCC(=O)[C@@H](N)CS)C(=O)N[C@H](CCCCCl)C(=O)CCCN(C)C. The Kier molecular flexibility index (Phi) is 25.2. The Morgan fingerprint density at radius 1 is 0.800 bits per heavy atom. The van der Waals surface area contributed by atoms with Gasteiger partial charge in [0.15, 0.2) is 17.3 Å². The highest BCUT2D eigenvalue weighted by Crippen LogP contribution is 2.18. The molecule has 0 aliphatic heterocycles. The first kappa shape index (κ1) is 43.1. The van der Waals surface area contributed by atoms with Gasteiger partial charge in [-0.25, -0.2) is 0 Å². The van der Waals surface area contributed by atoms with Gasteiger partial charge in [0.05, 0.1) is 23.9 Å². The zero-order valence-corrected chi connectivity index (χ0v) is 29.5. The Morgan fingerprint density at radius 3 is 1.93 bits per heavy atom. The van der Waals surface area contributed by atoms with Gasteiger partial charge in [0.25, 0.3) is 0 Å². The zero-order valence-electron chi connectivity index (χ0n) is 27.1. The lowest BCUT2D eigenvalue weighted by molar-refractivity contribution is -0.134. The van der Waals surface area contributed by atoms with Gasteiger partial charge in [0.2, 0.25) is 11.8 Å². The molecule has 260 valence electrons. The lowest BCUT2D eigenvalue weighted by atomic mass is 9.90. The number of halogens is 2. The van der Waals surface area contributed by atoms with Crippen LogP contribution in [-0.2, 0) is 24.0 Å². The summed E-state index contributed by atoms with van der Waals surface area (Å²) in [5.74, 6) is -0.878. The fourth-order valence-electron chi connectivity index (χ4n) is 4.65. The highest BCUT2D eigenvalue weighted by atomic mass is 35.5. The topological polar surface area (TPSA) is 177 Å². The molecule has 0 heterocycles. The minimum atomic E-state index is -0.848. The first-order chi connectivity index (χ1) is 21.4. The van der Waals surface area contributed by atoms with Crippen LogP contribution < -0.4 is 27.4 Å². The van der Waals surface area contributed by atoms with Crippen molar-refractivity contribution in [2.75, 3.05) is 44.7 Å². The number of unbranched alkanes of at least 4 members (excludes halogenated alkanes) is 2. The van der Waals surface area contributed by atoms with Crippen molar-refractivity contribution in [3.63, 3.8) is 0 Å². The number of thiol groups is 1. The summed E-state index contributed by atoms with van der Waals surface area (Å²) < 4.78 is 0. The summed E-state index contributed by atoms with van der Waals surface area (Å²) in [5.41, 5.74) is 11.3. The van der Waals surface area contributed by atoms with Crippen molar-refractivity contribution in [3.8, 4) is 0 Å². The molecule has 0 rings (SSSR count). The van der Waals surface area contributed by atoms with Gasteiger partial charge in [-0.1, -0.05) is 6.58 Å². The molecule has 0 spiro atoms. The maximum Gasteiger partial charge on any atom is 0.224 e. The molecule has 0 aliphatic carbocycles. The van der Waals surface area contributed by atoms with Crippen LogP contribution in [0.5, 0.6) is 0 Å². The predicted molar refractivity (Wildman–Crippen MR) is 186 cm³/mol. The van der Waals surface area contributed by atoms with Crippen molar-refractivity contribution in [1.29, 1.82) is 0 Å². The van der Waals surface area contributed by atoms with Crippen LogP contribution >= 0.6 is 35.8 Å². The van der Waals surface area contributed by atoms with Gasteiger partial charge >= 0.3 is 0 Å². The Morgan fingerprint density at radius 2 is 1.40 bits per heavy atom. The monoisotopic (exact) mass is 694 g/mol. The molecular weight excluding hydrogens is 639 g/mol.